The molecule has 2 aromatic carbocycles. The summed E-state index contributed by atoms with van der Waals surface area (Å²) >= 11 is 3.19. The van der Waals surface area contributed by atoms with Crippen LogP contribution in [-0.4, -0.2) is 13.3 Å². The van der Waals surface area contributed by atoms with E-state index in [0.29, 0.717) is 0 Å². The summed E-state index contributed by atoms with van der Waals surface area (Å²) in [6.45, 7) is 0. The molecule has 1 heterocycles. The Kier molecular flexibility index (Phi) is 2.81. The molecule has 3 rings (SSSR count). The lowest BCUT2D eigenvalue weighted by atomic mass is 10.2. The number of benzene rings is 2. The fourth-order valence-corrected chi connectivity index (χ4v) is 4.15. The minimum atomic E-state index is 1.31. The number of rotatable bonds is 1. The van der Waals surface area contributed by atoms with Crippen LogP contribution in [0.15, 0.2) is 57.2 Å². The van der Waals surface area contributed by atoms with Gasteiger partial charge in [-0.3, -0.25) is 0 Å². The third kappa shape index (κ3) is 1.74. The van der Waals surface area contributed by atoms with E-state index in [0.717, 1.165) is 0 Å². The van der Waals surface area contributed by atoms with Gasteiger partial charge >= 0.3 is 0 Å². The summed E-state index contributed by atoms with van der Waals surface area (Å²) < 4.78 is 0. The molecule has 0 atom stereocenters. The third-order valence-electron chi connectivity index (χ3n) is 3.00. The first-order chi connectivity index (χ1) is 8.31. The summed E-state index contributed by atoms with van der Waals surface area (Å²) in [4.78, 5) is 6.41. The molecule has 0 amide bonds. The van der Waals surface area contributed by atoms with Crippen LogP contribution < -0.4 is 4.90 Å². The van der Waals surface area contributed by atoms with Crippen LogP contribution >= 0.6 is 11.8 Å². The van der Waals surface area contributed by atoms with Gasteiger partial charge in [0.15, 0.2) is 4.90 Å². The Morgan fingerprint density at radius 2 is 1.76 bits per heavy atom. The van der Waals surface area contributed by atoms with Crippen molar-refractivity contribution in [2.45, 2.75) is 14.7 Å². The molecule has 0 radical (unpaired) electrons. The van der Waals surface area contributed by atoms with Crippen molar-refractivity contribution in [2.24, 2.45) is 0 Å². The van der Waals surface area contributed by atoms with E-state index in [4.69, 9.17) is 0 Å². The molecule has 1 aliphatic heterocycles. The Balaban J connectivity index is 2.20. The fraction of sp³-hybridized carbons (Fsp3) is 0.143. The Morgan fingerprint density at radius 1 is 1.00 bits per heavy atom. The van der Waals surface area contributed by atoms with E-state index in [1.165, 1.54) is 37.8 Å². The largest absolute Gasteiger partial charge is 0.339 e. The van der Waals surface area contributed by atoms with E-state index in [9.17, 15) is 0 Å². The number of para-hydroxylation sites is 2. The van der Waals surface area contributed by atoms with Gasteiger partial charge in [0.05, 0.1) is 5.69 Å². The van der Waals surface area contributed by atoms with Crippen molar-refractivity contribution in [1.29, 1.82) is 0 Å². The van der Waals surface area contributed by atoms with Crippen molar-refractivity contribution in [3.05, 3.63) is 42.5 Å². The van der Waals surface area contributed by atoms with Crippen LogP contribution in [0.25, 0.3) is 0 Å². The van der Waals surface area contributed by atoms with Gasteiger partial charge < -0.3 is 4.90 Å². The lowest BCUT2D eigenvalue weighted by molar-refractivity contribution is 1.08. The molecular formula is C14H14NS2+. The lowest BCUT2D eigenvalue weighted by Crippen LogP contribution is -2.16. The Hall–Kier alpha value is -1.06. The van der Waals surface area contributed by atoms with Crippen LogP contribution in [-0.2, 0) is 11.8 Å². The van der Waals surface area contributed by atoms with Gasteiger partial charge in [0.1, 0.15) is 11.9 Å². The third-order valence-corrected chi connectivity index (χ3v) is 4.96. The maximum atomic E-state index is 2.31. The Labute approximate surface area is 110 Å². The predicted octanol–water partition coefficient (Wildman–Crippen LogP) is 3.72. The zero-order valence-electron chi connectivity index (χ0n) is 9.84. The molecule has 0 N–H and O–H groups in total. The Morgan fingerprint density at radius 3 is 2.59 bits per heavy atom. The summed E-state index contributed by atoms with van der Waals surface area (Å²) in [6, 6.07) is 15.2. The average Bonchev–Trinajstić information content (AvgIpc) is 2.38. The summed E-state index contributed by atoms with van der Waals surface area (Å²) in [5.74, 6) is 0. The number of fused-ring (bicyclic) bond motifs is 2. The average molecular weight is 260 g/mol. The molecule has 0 saturated carbocycles. The molecule has 0 fully saturated rings. The zero-order chi connectivity index (χ0) is 11.8. The number of thiol groups is 1. The molecule has 0 unspecified atom stereocenters. The summed E-state index contributed by atoms with van der Waals surface area (Å²) in [5.41, 5.74) is 2.67. The second kappa shape index (κ2) is 4.31. The van der Waals surface area contributed by atoms with Crippen molar-refractivity contribution >= 4 is 34.9 Å². The standard InChI is InChI=1S/C14H13NS2/c1-15-10-6-3-4-7-11(10)17-13-9-5-8-12(16-2)14(13)15/h3-9H,1-2H3/p+1. The summed E-state index contributed by atoms with van der Waals surface area (Å²) in [6.07, 6.45) is 2.19. The highest BCUT2D eigenvalue weighted by atomic mass is 32.2. The molecule has 86 valence electrons. The summed E-state index contributed by atoms with van der Waals surface area (Å²) in [5, 5.41) is 0. The van der Waals surface area contributed by atoms with Gasteiger partial charge in [0.25, 0.3) is 0 Å². The molecule has 0 spiro atoms. The van der Waals surface area contributed by atoms with E-state index in [2.05, 4.69) is 60.7 Å². The molecule has 0 bridgehead atoms. The predicted molar refractivity (Wildman–Crippen MR) is 78.0 cm³/mol. The van der Waals surface area contributed by atoms with Crippen molar-refractivity contribution < 1.29 is 0 Å². The molecule has 0 aromatic heterocycles. The summed E-state index contributed by atoms with van der Waals surface area (Å²) in [7, 11) is 2.16. The fourth-order valence-electron chi connectivity index (χ4n) is 2.17. The van der Waals surface area contributed by atoms with E-state index in [-0.39, 0.29) is 0 Å². The van der Waals surface area contributed by atoms with Gasteiger partial charge in [-0.25, -0.2) is 0 Å². The van der Waals surface area contributed by atoms with E-state index in [1.54, 1.807) is 0 Å². The van der Waals surface area contributed by atoms with Crippen LogP contribution in [0.3, 0.4) is 0 Å². The minimum Gasteiger partial charge on any atom is -0.339 e. The smallest absolute Gasteiger partial charge is 0.177 e. The number of hydrogen-bond donors (Lipinski definition) is 0. The van der Waals surface area contributed by atoms with Gasteiger partial charge in [0, 0.05) is 28.6 Å². The second-order valence-corrected chi connectivity index (χ2v) is 5.99. The topological polar surface area (TPSA) is 3.24 Å². The van der Waals surface area contributed by atoms with Crippen molar-refractivity contribution in [1.82, 2.24) is 0 Å². The number of nitrogens with zero attached hydrogens (tertiary/aromatic N) is 1. The van der Waals surface area contributed by atoms with Gasteiger partial charge in [-0.2, -0.15) is 0 Å². The maximum absolute atomic E-state index is 2.31. The Bertz CT molecular complexity index is 566. The van der Waals surface area contributed by atoms with Crippen LogP contribution in [0, 0.1) is 0 Å². The first-order valence-corrected chi connectivity index (χ1v) is 7.70. The monoisotopic (exact) mass is 260 g/mol. The van der Waals surface area contributed by atoms with Gasteiger partial charge in [-0.05, 0) is 24.3 Å². The lowest BCUT2D eigenvalue weighted by Gasteiger charge is -2.29. The van der Waals surface area contributed by atoms with Crippen LogP contribution in [0.2, 0.25) is 0 Å². The van der Waals surface area contributed by atoms with Gasteiger partial charge in [-0.1, -0.05) is 30.0 Å². The minimum absolute atomic E-state index is 1.31. The zero-order valence-corrected chi connectivity index (χ0v) is 11.6. The van der Waals surface area contributed by atoms with Crippen molar-refractivity contribution in [3.63, 3.8) is 0 Å². The van der Waals surface area contributed by atoms with E-state index in [1.807, 2.05) is 11.8 Å². The molecule has 0 saturated heterocycles. The number of hydrogen-bond acceptors (Lipinski definition) is 2. The highest BCUT2D eigenvalue weighted by Crippen LogP contribution is 2.48. The first kappa shape index (κ1) is 11.1. The van der Waals surface area contributed by atoms with Crippen LogP contribution in [0.4, 0.5) is 11.4 Å². The highest BCUT2D eigenvalue weighted by Gasteiger charge is 2.24. The van der Waals surface area contributed by atoms with Crippen LogP contribution in [0.5, 0.6) is 0 Å². The second-order valence-electron chi connectivity index (χ2n) is 3.98. The SMILES string of the molecule is C[SH+]c1cccc2c1N(C)c1ccccc1S2. The molecular weight excluding hydrogens is 246 g/mol. The molecule has 17 heavy (non-hydrogen) atoms. The number of anilines is 2. The molecule has 3 heteroatoms. The first-order valence-electron chi connectivity index (χ1n) is 5.54. The normalized spacial score (nSPS) is 13.2. The van der Waals surface area contributed by atoms with Gasteiger partial charge in [0.2, 0.25) is 0 Å². The van der Waals surface area contributed by atoms with Crippen LogP contribution in [0.1, 0.15) is 0 Å². The molecule has 1 aliphatic rings. The maximum Gasteiger partial charge on any atom is 0.177 e. The highest BCUT2D eigenvalue weighted by molar-refractivity contribution is 7.99. The molecule has 0 aliphatic carbocycles. The van der Waals surface area contributed by atoms with Gasteiger partial charge in [-0.15, -0.1) is 0 Å². The van der Waals surface area contributed by atoms with E-state index < -0.39 is 0 Å². The quantitative estimate of drug-likeness (QED) is 0.568. The van der Waals surface area contributed by atoms with E-state index >= 15 is 0 Å². The molecule has 2 aromatic rings. The van der Waals surface area contributed by atoms with Crippen molar-refractivity contribution in [2.75, 3.05) is 18.2 Å². The molecule has 1 nitrogen and oxygen atoms in total. The van der Waals surface area contributed by atoms with Crippen molar-refractivity contribution in [3.8, 4) is 0 Å².